The topological polar surface area (TPSA) is 11.4 Å². The highest BCUT2D eigenvalue weighted by atomic mass is 15.1. The summed E-state index contributed by atoms with van der Waals surface area (Å²) < 4.78 is 69.6. The highest BCUT2D eigenvalue weighted by Crippen LogP contribution is 2.61. The molecule has 0 N–H and O–H groups in total. The Labute approximate surface area is 429 Å². The van der Waals surface area contributed by atoms with Gasteiger partial charge in [0.1, 0.15) is 0 Å². The Kier molecular flexibility index (Phi) is 8.17. The Hall–Kier alpha value is -9.44. The van der Waals surface area contributed by atoms with Gasteiger partial charge in [0.2, 0.25) is 0 Å². The molecule has 0 amide bonds. The fourth-order valence-corrected chi connectivity index (χ4v) is 11.6. The standard InChI is InChI=1S/C69H47N3/c1-5-26-50(27-6-1)70(51-28-7-2-8-29-51)54-42-44-63-60(46-54)61-47-55(71(52-30-9-3-10-31-52)66-41-20-25-49-23-14-16-35-57(49)66)43-45-64(61)69(63,62-38-19-24-48-22-13-15-34-56(48)62)65-39-21-37-59-58-36-17-18-40-67(58)72(68(59)65)53-32-11-4-12-33-53/h1-47H/i13D,15D,19D,22D,24D,34D,38D. The van der Waals surface area contributed by atoms with E-state index in [1.54, 1.807) is 0 Å². The highest BCUT2D eigenvalue weighted by Gasteiger charge is 2.49. The highest BCUT2D eigenvalue weighted by molar-refractivity contribution is 6.12. The minimum Gasteiger partial charge on any atom is -0.310 e. The van der Waals surface area contributed by atoms with Crippen molar-refractivity contribution in [1.29, 1.82) is 0 Å². The molecule has 0 spiro atoms. The lowest BCUT2D eigenvalue weighted by Crippen LogP contribution is -2.30. The first-order valence-corrected chi connectivity index (χ1v) is 24.3. The van der Waals surface area contributed by atoms with Crippen LogP contribution >= 0.6 is 0 Å². The van der Waals surface area contributed by atoms with Gasteiger partial charge in [0.25, 0.3) is 0 Å². The maximum absolute atomic E-state index is 10.4. The van der Waals surface area contributed by atoms with Crippen LogP contribution < -0.4 is 9.80 Å². The molecule has 1 aliphatic rings. The Balaban J connectivity index is 1.20. The lowest BCUT2D eigenvalue weighted by atomic mass is 9.66. The average molecular weight is 925 g/mol. The van der Waals surface area contributed by atoms with Crippen molar-refractivity contribution in [3.63, 3.8) is 0 Å². The van der Waals surface area contributed by atoms with E-state index in [2.05, 4.69) is 166 Å². The summed E-state index contributed by atoms with van der Waals surface area (Å²) in [5.74, 6) is 0. The maximum atomic E-state index is 10.4. The van der Waals surface area contributed by atoms with Crippen LogP contribution in [0, 0.1) is 0 Å². The number of para-hydroxylation sites is 6. The van der Waals surface area contributed by atoms with Crippen LogP contribution in [0.25, 0.3) is 60.2 Å². The zero-order chi connectivity index (χ0) is 53.7. The summed E-state index contributed by atoms with van der Waals surface area (Å²) in [7, 11) is 0. The van der Waals surface area contributed by atoms with E-state index in [4.69, 9.17) is 1.37 Å². The van der Waals surface area contributed by atoms with Crippen LogP contribution in [-0.4, -0.2) is 4.57 Å². The largest absolute Gasteiger partial charge is 0.310 e. The first-order valence-electron chi connectivity index (χ1n) is 27.8. The summed E-state index contributed by atoms with van der Waals surface area (Å²) in [5.41, 5.74) is 10.7. The van der Waals surface area contributed by atoms with E-state index in [9.17, 15) is 8.22 Å². The molecule has 0 saturated carbocycles. The average Bonchev–Trinajstić information content (AvgIpc) is 4.04. The molecule has 1 atom stereocenters. The zero-order valence-corrected chi connectivity index (χ0v) is 38.9. The molecular formula is C69H47N3. The molecule has 1 aromatic heterocycles. The number of hydrogen-bond donors (Lipinski definition) is 0. The summed E-state index contributed by atoms with van der Waals surface area (Å²) in [6, 6.07) is 80.2. The first-order chi connectivity index (χ1) is 38.7. The molecule has 13 aromatic rings. The van der Waals surface area contributed by atoms with Crippen molar-refractivity contribution >= 4 is 77.5 Å². The Bertz CT molecular complexity index is 4530. The van der Waals surface area contributed by atoms with Crippen molar-refractivity contribution < 1.29 is 9.60 Å². The van der Waals surface area contributed by atoms with Crippen LogP contribution in [0.5, 0.6) is 0 Å². The molecule has 3 heteroatoms. The maximum Gasteiger partial charge on any atom is 0.0740 e. The van der Waals surface area contributed by atoms with E-state index in [-0.39, 0.29) is 28.4 Å². The molecular weight excluding hydrogens is 871 g/mol. The van der Waals surface area contributed by atoms with Crippen molar-refractivity contribution in [1.82, 2.24) is 4.57 Å². The van der Waals surface area contributed by atoms with Gasteiger partial charge < -0.3 is 14.4 Å². The van der Waals surface area contributed by atoms with Crippen LogP contribution in [0.2, 0.25) is 0 Å². The summed E-state index contributed by atoms with van der Waals surface area (Å²) in [5, 5.41) is 4.00. The molecule has 14 rings (SSSR count). The van der Waals surface area contributed by atoms with Crippen molar-refractivity contribution in [3.8, 4) is 16.8 Å². The van der Waals surface area contributed by atoms with Gasteiger partial charge >= 0.3 is 0 Å². The molecule has 0 radical (unpaired) electrons. The molecule has 0 saturated heterocycles. The lowest BCUT2D eigenvalue weighted by Gasteiger charge is -2.36. The van der Waals surface area contributed by atoms with Crippen molar-refractivity contribution in [3.05, 3.63) is 307 Å². The number of anilines is 6. The van der Waals surface area contributed by atoms with Gasteiger partial charge in [-0.25, -0.2) is 0 Å². The number of aromatic nitrogens is 1. The minimum atomic E-state index is -1.58. The predicted molar refractivity (Wildman–Crippen MR) is 302 cm³/mol. The quantitative estimate of drug-likeness (QED) is 0.143. The van der Waals surface area contributed by atoms with E-state index in [0.717, 1.165) is 100 Å². The Morgan fingerprint density at radius 2 is 0.861 bits per heavy atom. The molecule has 338 valence electrons. The molecule has 0 aliphatic heterocycles. The minimum absolute atomic E-state index is 0.0280. The molecule has 3 nitrogen and oxygen atoms in total. The fraction of sp³-hybridized carbons (Fsp3) is 0.0145. The van der Waals surface area contributed by atoms with Crippen LogP contribution in [-0.2, 0) is 5.41 Å². The predicted octanol–water partition coefficient (Wildman–Crippen LogP) is 18.4. The van der Waals surface area contributed by atoms with Gasteiger partial charge in [0, 0.05) is 50.3 Å². The van der Waals surface area contributed by atoms with E-state index in [1.165, 1.54) is 0 Å². The molecule has 12 aromatic carbocycles. The summed E-state index contributed by atoms with van der Waals surface area (Å²) >= 11 is 0. The molecule has 0 bridgehead atoms. The zero-order valence-electron chi connectivity index (χ0n) is 45.9. The molecule has 1 heterocycles. The molecule has 72 heavy (non-hydrogen) atoms. The van der Waals surface area contributed by atoms with Crippen LogP contribution in [0.15, 0.2) is 285 Å². The number of nitrogens with zero attached hydrogens (tertiary/aromatic N) is 3. The first kappa shape index (κ1) is 34.8. The SMILES string of the molecule is [2H]c1c([2H])c([2H])c2c(C3(c4cccc5c6ccccc6n(-c6ccccc6)c45)c4ccc(N(c5ccccc5)c5ccccc5)cc4-c4cc(N(c5ccccc5)c5cccc6ccccc56)ccc43)c([2H])c([2H])c([2H])c2c1[2H]. The third kappa shape index (κ3) is 6.38. The second-order valence-electron chi connectivity index (χ2n) is 18.3. The second-order valence-corrected chi connectivity index (χ2v) is 18.3. The van der Waals surface area contributed by atoms with Gasteiger partial charge in [-0.05, 0) is 134 Å². The monoisotopic (exact) mass is 924 g/mol. The van der Waals surface area contributed by atoms with Gasteiger partial charge in [-0.15, -0.1) is 0 Å². The van der Waals surface area contributed by atoms with E-state index in [0.29, 0.717) is 0 Å². The molecule has 1 aliphatic carbocycles. The Morgan fingerprint density at radius 3 is 1.56 bits per heavy atom. The third-order valence-corrected chi connectivity index (χ3v) is 14.5. The second kappa shape index (κ2) is 16.9. The third-order valence-electron chi connectivity index (χ3n) is 14.5. The Morgan fingerprint density at radius 1 is 0.333 bits per heavy atom. The van der Waals surface area contributed by atoms with E-state index >= 15 is 0 Å². The van der Waals surface area contributed by atoms with Crippen molar-refractivity contribution in [2.24, 2.45) is 0 Å². The molecule has 1 unspecified atom stereocenters. The van der Waals surface area contributed by atoms with Gasteiger partial charge in [-0.3, -0.25) is 0 Å². The van der Waals surface area contributed by atoms with E-state index in [1.807, 2.05) is 91.0 Å². The number of fused-ring (bicyclic) bond motifs is 8. The summed E-state index contributed by atoms with van der Waals surface area (Å²) in [4.78, 5) is 4.50. The van der Waals surface area contributed by atoms with Crippen molar-refractivity contribution in [2.45, 2.75) is 5.41 Å². The summed E-state index contributed by atoms with van der Waals surface area (Å²) in [6.45, 7) is 0. The normalized spacial score (nSPS) is 15.2. The summed E-state index contributed by atoms with van der Waals surface area (Å²) in [6.07, 6.45) is 0. The number of rotatable bonds is 9. The molecule has 0 fully saturated rings. The van der Waals surface area contributed by atoms with Crippen LogP contribution in [0.3, 0.4) is 0 Å². The number of benzene rings is 12. The number of hydrogen-bond acceptors (Lipinski definition) is 2. The van der Waals surface area contributed by atoms with Crippen LogP contribution in [0.1, 0.15) is 31.8 Å². The smallest absolute Gasteiger partial charge is 0.0740 e. The van der Waals surface area contributed by atoms with Crippen molar-refractivity contribution in [2.75, 3.05) is 9.80 Å². The van der Waals surface area contributed by atoms with Gasteiger partial charge in [0.15, 0.2) is 0 Å². The van der Waals surface area contributed by atoms with Gasteiger partial charge in [-0.2, -0.15) is 0 Å². The van der Waals surface area contributed by atoms with Gasteiger partial charge in [0.05, 0.1) is 31.7 Å². The lowest BCUT2D eigenvalue weighted by molar-refractivity contribution is 0.780. The van der Waals surface area contributed by atoms with E-state index < -0.39 is 35.6 Å². The van der Waals surface area contributed by atoms with Gasteiger partial charge in [-0.1, -0.05) is 200 Å². The fourth-order valence-electron chi connectivity index (χ4n) is 11.6. The van der Waals surface area contributed by atoms with Crippen LogP contribution in [0.4, 0.5) is 34.1 Å².